The highest BCUT2D eigenvalue weighted by molar-refractivity contribution is 6.31. The number of nitrogens with zero attached hydrogens (tertiary/aromatic N) is 1. The Morgan fingerprint density at radius 1 is 1.30 bits per heavy atom. The molecule has 1 heterocycles. The summed E-state index contributed by atoms with van der Waals surface area (Å²) in [6, 6.07) is 9.24. The number of fused-ring (bicyclic) bond motifs is 1. The van der Waals surface area contributed by atoms with Gasteiger partial charge in [0.15, 0.2) is 0 Å². The van der Waals surface area contributed by atoms with Gasteiger partial charge in [-0.3, -0.25) is 4.98 Å². The van der Waals surface area contributed by atoms with E-state index < -0.39 is 5.97 Å². The van der Waals surface area contributed by atoms with E-state index in [0.29, 0.717) is 12.0 Å². The number of carboxylic acid groups (broad SMARTS) is 1. The highest BCUT2D eigenvalue weighted by atomic mass is 35.5. The zero-order valence-electron chi connectivity index (χ0n) is 10.6. The molecule has 0 bridgehead atoms. The maximum absolute atomic E-state index is 11.2. The number of aromatic carboxylic acids is 1. The summed E-state index contributed by atoms with van der Waals surface area (Å²) in [6.45, 7) is 0. The first-order chi connectivity index (χ1) is 9.65. The van der Waals surface area contributed by atoms with Crippen LogP contribution in [0.3, 0.4) is 0 Å². The van der Waals surface area contributed by atoms with E-state index in [2.05, 4.69) is 4.98 Å². The van der Waals surface area contributed by atoms with Crippen LogP contribution in [0.2, 0.25) is 5.02 Å². The number of halogens is 1. The van der Waals surface area contributed by atoms with Gasteiger partial charge in [-0.15, -0.1) is 0 Å². The van der Waals surface area contributed by atoms with Crippen molar-refractivity contribution < 1.29 is 9.90 Å². The third-order valence-corrected chi connectivity index (χ3v) is 3.81. The van der Waals surface area contributed by atoms with Gasteiger partial charge in [0.25, 0.3) is 0 Å². The quantitative estimate of drug-likeness (QED) is 0.937. The predicted octanol–water partition coefficient (Wildman–Crippen LogP) is 3.62. The Hall–Kier alpha value is -2.13. The van der Waals surface area contributed by atoms with Crippen LogP contribution in [0, 0.1) is 0 Å². The van der Waals surface area contributed by atoms with Gasteiger partial charge in [-0.25, -0.2) is 4.79 Å². The van der Waals surface area contributed by atoms with Gasteiger partial charge >= 0.3 is 5.97 Å². The molecule has 3 rings (SSSR count). The Kier molecular flexibility index (Phi) is 3.28. The normalized spacial score (nSPS) is 12.9. The van der Waals surface area contributed by atoms with E-state index in [4.69, 9.17) is 11.6 Å². The minimum atomic E-state index is -0.906. The number of pyridine rings is 1. The van der Waals surface area contributed by atoms with Gasteiger partial charge < -0.3 is 5.11 Å². The predicted molar refractivity (Wildman–Crippen MR) is 78.0 cm³/mol. The highest BCUT2D eigenvalue weighted by Crippen LogP contribution is 2.29. The second-order valence-electron chi connectivity index (χ2n) is 4.78. The molecule has 0 fully saturated rings. The molecule has 0 saturated carbocycles. The minimum absolute atomic E-state index is 0.334. The third kappa shape index (κ3) is 2.32. The summed E-state index contributed by atoms with van der Waals surface area (Å²) in [6.07, 6.45) is 4.84. The summed E-state index contributed by atoms with van der Waals surface area (Å²) < 4.78 is 0. The number of allylic oxidation sites excluding steroid dienone is 1. The number of carboxylic acids is 1. The van der Waals surface area contributed by atoms with Crippen LogP contribution < -0.4 is 0 Å². The molecule has 20 heavy (non-hydrogen) atoms. The van der Waals surface area contributed by atoms with Crippen LogP contribution in [0.1, 0.15) is 27.2 Å². The summed E-state index contributed by atoms with van der Waals surface area (Å²) >= 11 is 6.16. The molecule has 100 valence electrons. The second-order valence-corrected chi connectivity index (χ2v) is 5.18. The molecule has 0 amide bonds. The van der Waals surface area contributed by atoms with E-state index in [1.165, 1.54) is 6.20 Å². The van der Waals surface area contributed by atoms with Gasteiger partial charge in [0.05, 0.1) is 11.3 Å². The van der Waals surface area contributed by atoms with E-state index in [0.717, 1.165) is 33.8 Å². The van der Waals surface area contributed by atoms with Crippen molar-refractivity contribution in [1.82, 2.24) is 4.98 Å². The van der Waals surface area contributed by atoms with Gasteiger partial charge in [0.1, 0.15) is 0 Å². The average molecular weight is 286 g/mol. The van der Waals surface area contributed by atoms with Crippen LogP contribution in [0.5, 0.6) is 0 Å². The number of rotatable bonds is 3. The summed E-state index contributed by atoms with van der Waals surface area (Å²) in [7, 11) is 0. The Balaban J connectivity index is 1.88. The fourth-order valence-electron chi connectivity index (χ4n) is 2.49. The lowest BCUT2D eigenvalue weighted by Crippen LogP contribution is -2.04. The number of hydrogen-bond acceptors (Lipinski definition) is 2. The van der Waals surface area contributed by atoms with Crippen LogP contribution in [0.25, 0.3) is 6.08 Å². The number of benzene rings is 1. The van der Waals surface area contributed by atoms with E-state index in [1.807, 2.05) is 30.3 Å². The molecule has 0 aliphatic heterocycles. The first kappa shape index (κ1) is 12.9. The number of aromatic nitrogens is 1. The van der Waals surface area contributed by atoms with Crippen LogP contribution >= 0.6 is 11.6 Å². The number of carbonyl (C=O) groups is 1. The molecule has 0 saturated heterocycles. The molecule has 0 atom stereocenters. The fourth-order valence-corrected chi connectivity index (χ4v) is 2.69. The smallest absolute Gasteiger partial charge is 0.336 e. The molecule has 4 heteroatoms. The van der Waals surface area contributed by atoms with E-state index in [9.17, 15) is 9.90 Å². The summed E-state index contributed by atoms with van der Waals surface area (Å²) in [5, 5.41) is 9.93. The van der Waals surface area contributed by atoms with Gasteiger partial charge in [-0.1, -0.05) is 35.4 Å². The lowest BCUT2D eigenvalue weighted by molar-refractivity contribution is 0.0695. The molecule has 0 radical (unpaired) electrons. The molecule has 2 aromatic rings. The van der Waals surface area contributed by atoms with E-state index >= 15 is 0 Å². The van der Waals surface area contributed by atoms with Gasteiger partial charge in [0.2, 0.25) is 0 Å². The average Bonchev–Trinajstić information content (AvgIpc) is 2.83. The third-order valence-electron chi connectivity index (χ3n) is 3.44. The Labute approximate surface area is 121 Å². The summed E-state index contributed by atoms with van der Waals surface area (Å²) in [4.78, 5) is 15.5. The zero-order chi connectivity index (χ0) is 14.1. The molecule has 1 aliphatic rings. The summed E-state index contributed by atoms with van der Waals surface area (Å²) in [5.74, 6) is -0.906. The van der Waals surface area contributed by atoms with Crippen molar-refractivity contribution in [2.24, 2.45) is 0 Å². The Bertz CT molecular complexity index is 722. The van der Waals surface area contributed by atoms with Crippen molar-refractivity contribution in [2.45, 2.75) is 12.8 Å². The highest BCUT2D eigenvalue weighted by Gasteiger charge is 2.21. The lowest BCUT2D eigenvalue weighted by atomic mass is 10.0. The van der Waals surface area contributed by atoms with Crippen LogP contribution in [0.15, 0.2) is 42.1 Å². The topological polar surface area (TPSA) is 50.2 Å². The molecule has 0 unspecified atom stereocenters. The Morgan fingerprint density at radius 2 is 2.10 bits per heavy atom. The molecule has 1 aliphatic carbocycles. The van der Waals surface area contributed by atoms with Crippen molar-refractivity contribution in [3.8, 4) is 0 Å². The molecule has 1 aromatic heterocycles. The monoisotopic (exact) mass is 285 g/mol. The van der Waals surface area contributed by atoms with E-state index in [1.54, 1.807) is 6.07 Å². The van der Waals surface area contributed by atoms with Crippen LogP contribution in [-0.4, -0.2) is 16.1 Å². The zero-order valence-corrected chi connectivity index (χ0v) is 11.4. The SMILES string of the molecule is O=C(O)c1ccnc2c1CC(Cc1ccccc1Cl)=C2. The van der Waals surface area contributed by atoms with Crippen molar-refractivity contribution in [1.29, 1.82) is 0 Å². The molecular formula is C16H12ClNO2. The Morgan fingerprint density at radius 3 is 2.85 bits per heavy atom. The lowest BCUT2D eigenvalue weighted by Gasteiger charge is -2.06. The minimum Gasteiger partial charge on any atom is -0.478 e. The largest absolute Gasteiger partial charge is 0.478 e. The van der Waals surface area contributed by atoms with Crippen molar-refractivity contribution in [3.05, 3.63) is 69.5 Å². The van der Waals surface area contributed by atoms with E-state index in [-0.39, 0.29) is 0 Å². The van der Waals surface area contributed by atoms with Crippen molar-refractivity contribution >= 4 is 23.6 Å². The van der Waals surface area contributed by atoms with Gasteiger partial charge in [0, 0.05) is 11.2 Å². The van der Waals surface area contributed by atoms with Gasteiger partial charge in [-0.2, -0.15) is 0 Å². The fraction of sp³-hybridized carbons (Fsp3) is 0.125. The van der Waals surface area contributed by atoms with Crippen LogP contribution in [-0.2, 0) is 12.8 Å². The number of hydrogen-bond donors (Lipinski definition) is 1. The molecule has 1 aromatic carbocycles. The van der Waals surface area contributed by atoms with Crippen LogP contribution in [0.4, 0.5) is 0 Å². The molecular weight excluding hydrogens is 274 g/mol. The first-order valence-electron chi connectivity index (χ1n) is 6.29. The molecule has 0 spiro atoms. The maximum Gasteiger partial charge on any atom is 0.336 e. The van der Waals surface area contributed by atoms with Gasteiger partial charge in [-0.05, 0) is 42.2 Å². The molecule has 1 N–H and O–H groups in total. The molecule has 3 nitrogen and oxygen atoms in total. The van der Waals surface area contributed by atoms with Crippen molar-refractivity contribution in [2.75, 3.05) is 0 Å². The summed E-state index contributed by atoms with van der Waals surface area (Å²) in [5.41, 5.74) is 4.06. The first-order valence-corrected chi connectivity index (χ1v) is 6.67. The van der Waals surface area contributed by atoms with Crippen molar-refractivity contribution in [3.63, 3.8) is 0 Å². The second kappa shape index (κ2) is 5.10. The standard InChI is InChI=1S/C16H12ClNO2/c17-14-4-2-1-3-11(14)7-10-8-13-12(16(19)20)5-6-18-15(13)9-10/h1-6,9H,7-8H2,(H,19,20). The maximum atomic E-state index is 11.2.